The lowest BCUT2D eigenvalue weighted by molar-refractivity contribution is -0.116. The lowest BCUT2D eigenvalue weighted by Crippen LogP contribution is -2.22. The summed E-state index contributed by atoms with van der Waals surface area (Å²) in [6.45, 7) is 0. The second kappa shape index (κ2) is 8.02. The zero-order chi connectivity index (χ0) is 19.3. The van der Waals surface area contributed by atoms with Crippen molar-refractivity contribution in [2.75, 3.05) is 5.32 Å². The number of carbonyl (C=O) groups excluding carboxylic acids is 1. The van der Waals surface area contributed by atoms with Crippen LogP contribution in [0.4, 0.5) is 5.69 Å². The minimum Gasteiger partial charge on any atom is -0.409 e. The number of amides is 1. The number of anilines is 1. The molecule has 0 saturated heterocycles. The molecule has 5 nitrogen and oxygen atoms in total. The monoisotopic (exact) mass is 387 g/mol. The Hall–Kier alpha value is -3.51. The molecule has 0 spiro atoms. The molecule has 1 aromatic heterocycles. The van der Waals surface area contributed by atoms with E-state index in [1.165, 1.54) is 0 Å². The summed E-state index contributed by atoms with van der Waals surface area (Å²) < 4.78 is 5.31. The first-order valence-corrected chi connectivity index (χ1v) is 9.18. The van der Waals surface area contributed by atoms with Crippen molar-refractivity contribution in [1.82, 2.24) is 10.2 Å². The minimum atomic E-state index is -0.397. The number of carbonyl (C=O) groups is 1. The number of aromatic nitrogens is 2. The van der Waals surface area contributed by atoms with Crippen LogP contribution in [0.15, 0.2) is 89.3 Å². The molecule has 6 heteroatoms. The Kier molecular flexibility index (Phi) is 5.12. The largest absolute Gasteiger partial charge is 0.409 e. The third-order valence-corrected chi connectivity index (χ3v) is 4.54. The van der Waals surface area contributed by atoms with Crippen molar-refractivity contribution in [3.8, 4) is 11.5 Å². The molecule has 1 heterocycles. The molecule has 0 aliphatic rings. The second-order valence-corrected chi connectivity index (χ2v) is 6.61. The first kappa shape index (κ1) is 17.9. The Balaban J connectivity index is 1.59. The zero-order valence-electron chi connectivity index (χ0n) is 14.8. The van der Waals surface area contributed by atoms with Gasteiger partial charge in [-0.25, -0.2) is 5.10 Å². The molecule has 0 bridgehead atoms. The topological polar surface area (TPSA) is 70.9 Å². The van der Waals surface area contributed by atoms with E-state index in [1.807, 2.05) is 84.9 Å². The SMILES string of the molecule is O=C(Nc1ccc(-c2n[nH]c(=S)o2)cc1)C(c1ccccc1)c1ccccc1. The maximum absolute atomic E-state index is 13.1. The van der Waals surface area contributed by atoms with Crippen molar-refractivity contribution < 1.29 is 9.21 Å². The van der Waals surface area contributed by atoms with Crippen LogP contribution in [0, 0.1) is 4.84 Å². The van der Waals surface area contributed by atoms with Crippen LogP contribution in [0.1, 0.15) is 17.0 Å². The zero-order valence-corrected chi connectivity index (χ0v) is 15.6. The van der Waals surface area contributed by atoms with Gasteiger partial charge in [0.2, 0.25) is 11.8 Å². The van der Waals surface area contributed by atoms with E-state index in [0.717, 1.165) is 16.7 Å². The summed E-state index contributed by atoms with van der Waals surface area (Å²) in [6, 6.07) is 26.8. The molecule has 1 amide bonds. The normalized spacial score (nSPS) is 10.8. The highest BCUT2D eigenvalue weighted by molar-refractivity contribution is 7.71. The Morgan fingerprint density at radius 3 is 1.96 bits per heavy atom. The van der Waals surface area contributed by atoms with Gasteiger partial charge in [0.05, 0.1) is 5.92 Å². The van der Waals surface area contributed by atoms with Crippen LogP contribution in [0.5, 0.6) is 0 Å². The van der Waals surface area contributed by atoms with Gasteiger partial charge in [-0.1, -0.05) is 60.7 Å². The van der Waals surface area contributed by atoms with E-state index in [0.29, 0.717) is 11.6 Å². The summed E-state index contributed by atoms with van der Waals surface area (Å²) in [5, 5.41) is 9.60. The fraction of sp³-hybridized carbons (Fsp3) is 0.0455. The van der Waals surface area contributed by atoms with E-state index in [1.54, 1.807) is 0 Å². The second-order valence-electron chi connectivity index (χ2n) is 6.24. The van der Waals surface area contributed by atoms with Gasteiger partial charge < -0.3 is 9.73 Å². The fourth-order valence-corrected chi connectivity index (χ4v) is 3.17. The molecule has 0 atom stereocenters. The van der Waals surface area contributed by atoms with E-state index < -0.39 is 5.92 Å². The number of hydrogen-bond acceptors (Lipinski definition) is 4. The molecule has 28 heavy (non-hydrogen) atoms. The summed E-state index contributed by atoms with van der Waals surface area (Å²) in [7, 11) is 0. The third-order valence-electron chi connectivity index (χ3n) is 4.37. The summed E-state index contributed by atoms with van der Waals surface area (Å²) in [5.41, 5.74) is 3.35. The molecule has 0 aliphatic carbocycles. The molecule has 2 N–H and O–H groups in total. The van der Waals surface area contributed by atoms with E-state index in [2.05, 4.69) is 15.5 Å². The van der Waals surface area contributed by atoms with Crippen molar-refractivity contribution >= 4 is 23.8 Å². The average Bonchev–Trinajstić information content (AvgIpc) is 3.17. The summed E-state index contributed by atoms with van der Waals surface area (Å²) in [6.07, 6.45) is 0. The van der Waals surface area contributed by atoms with Gasteiger partial charge in [-0.3, -0.25) is 4.79 Å². The summed E-state index contributed by atoms with van der Waals surface area (Å²) in [4.78, 5) is 13.3. The highest BCUT2D eigenvalue weighted by atomic mass is 32.1. The smallest absolute Gasteiger partial charge is 0.284 e. The highest BCUT2D eigenvalue weighted by Crippen LogP contribution is 2.27. The van der Waals surface area contributed by atoms with Crippen molar-refractivity contribution in [3.63, 3.8) is 0 Å². The molecule has 0 saturated carbocycles. The fourth-order valence-electron chi connectivity index (χ4n) is 3.05. The summed E-state index contributed by atoms with van der Waals surface area (Å²) >= 11 is 4.90. The van der Waals surface area contributed by atoms with E-state index in [-0.39, 0.29) is 10.7 Å². The lowest BCUT2D eigenvalue weighted by atomic mass is 9.90. The minimum absolute atomic E-state index is 0.0950. The van der Waals surface area contributed by atoms with Crippen molar-refractivity contribution in [1.29, 1.82) is 0 Å². The van der Waals surface area contributed by atoms with E-state index >= 15 is 0 Å². The van der Waals surface area contributed by atoms with Crippen LogP contribution in [0.3, 0.4) is 0 Å². The van der Waals surface area contributed by atoms with E-state index in [9.17, 15) is 4.79 Å². The van der Waals surface area contributed by atoms with Gasteiger partial charge in [0.15, 0.2) is 0 Å². The Labute approximate surface area is 167 Å². The number of rotatable bonds is 5. The molecule has 4 rings (SSSR count). The van der Waals surface area contributed by atoms with Gasteiger partial charge in [-0.05, 0) is 47.6 Å². The number of nitrogens with one attached hydrogen (secondary N) is 2. The van der Waals surface area contributed by atoms with Gasteiger partial charge >= 0.3 is 0 Å². The Morgan fingerprint density at radius 2 is 1.46 bits per heavy atom. The maximum atomic E-state index is 13.1. The summed E-state index contributed by atoms with van der Waals surface area (Å²) in [5.74, 6) is -0.0806. The molecular formula is C22H17N3O2S. The number of nitrogens with zero attached hydrogens (tertiary/aromatic N) is 1. The predicted octanol–water partition coefficient (Wildman–Crippen LogP) is 5.17. The van der Waals surface area contributed by atoms with Crippen molar-refractivity contribution in [3.05, 3.63) is 101 Å². The van der Waals surface area contributed by atoms with Crippen molar-refractivity contribution in [2.45, 2.75) is 5.92 Å². The quantitative estimate of drug-likeness (QED) is 0.464. The van der Waals surface area contributed by atoms with Crippen molar-refractivity contribution in [2.24, 2.45) is 0 Å². The molecule has 0 aliphatic heterocycles. The maximum Gasteiger partial charge on any atom is 0.284 e. The third kappa shape index (κ3) is 3.92. The van der Waals surface area contributed by atoms with E-state index in [4.69, 9.17) is 16.6 Å². The van der Waals surface area contributed by atoms with Crippen LogP contribution >= 0.6 is 12.2 Å². The van der Waals surface area contributed by atoms with Crippen LogP contribution in [0.2, 0.25) is 0 Å². The molecule has 138 valence electrons. The van der Waals surface area contributed by atoms with Gasteiger partial charge in [-0.2, -0.15) is 0 Å². The van der Waals surface area contributed by atoms with Gasteiger partial charge in [0.25, 0.3) is 4.84 Å². The van der Waals surface area contributed by atoms with Crippen LogP contribution in [-0.4, -0.2) is 16.1 Å². The number of hydrogen-bond donors (Lipinski definition) is 2. The van der Waals surface area contributed by atoms with Gasteiger partial charge in [0.1, 0.15) is 0 Å². The van der Waals surface area contributed by atoms with Crippen LogP contribution < -0.4 is 5.32 Å². The molecule has 4 aromatic rings. The lowest BCUT2D eigenvalue weighted by Gasteiger charge is -2.18. The van der Waals surface area contributed by atoms with Gasteiger partial charge in [-0.15, -0.1) is 5.10 Å². The average molecular weight is 387 g/mol. The number of benzene rings is 3. The molecular weight excluding hydrogens is 370 g/mol. The van der Waals surface area contributed by atoms with Gasteiger partial charge in [0, 0.05) is 11.3 Å². The highest BCUT2D eigenvalue weighted by Gasteiger charge is 2.22. The molecule has 0 unspecified atom stereocenters. The first-order valence-electron chi connectivity index (χ1n) is 8.77. The first-order chi connectivity index (χ1) is 13.7. The Morgan fingerprint density at radius 1 is 0.893 bits per heavy atom. The number of H-pyrrole nitrogens is 1. The predicted molar refractivity (Wildman–Crippen MR) is 110 cm³/mol. The molecule has 0 radical (unpaired) electrons. The molecule has 0 fully saturated rings. The molecule has 3 aromatic carbocycles. The Bertz CT molecular complexity index is 1080. The number of aromatic amines is 1. The standard InChI is InChI=1S/C22H17N3O2S/c26-20(19(15-7-3-1-4-8-15)16-9-5-2-6-10-16)23-18-13-11-17(12-14-18)21-24-25-22(28)27-21/h1-14,19H,(H,23,26)(H,25,28). The van der Waals surface area contributed by atoms with Crippen LogP contribution in [0.25, 0.3) is 11.5 Å². The van der Waals surface area contributed by atoms with Crippen LogP contribution in [-0.2, 0) is 4.79 Å².